The maximum atomic E-state index is 13.7. The highest BCUT2D eigenvalue weighted by Crippen LogP contribution is 2.45. The number of hydrogen-bond acceptors (Lipinski definition) is 6. The number of ether oxygens (including phenoxy) is 2. The lowest BCUT2D eigenvalue weighted by Crippen LogP contribution is -2.36. The third-order valence-corrected chi connectivity index (χ3v) is 6.25. The molecule has 2 aromatic heterocycles. The number of rotatable bonds is 4. The van der Waals surface area contributed by atoms with Gasteiger partial charge in [-0.05, 0) is 29.1 Å². The first-order chi connectivity index (χ1) is 14.9. The number of aromatic nitrogens is 2. The van der Waals surface area contributed by atoms with Crippen LogP contribution in [0, 0.1) is 0 Å². The van der Waals surface area contributed by atoms with Gasteiger partial charge in [-0.3, -0.25) is 4.79 Å². The van der Waals surface area contributed by atoms with Crippen molar-refractivity contribution in [3.8, 4) is 11.5 Å². The van der Waals surface area contributed by atoms with Crippen molar-refractivity contribution in [1.29, 1.82) is 0 Å². The van der Waals surface area contributed by atoms with Gasteiger partial charge in [-0.1, -0.05) is 12.1 Å². The molecular weight excluding hydrogens is 433 g/mol. The fourth-order valence-electron chi connectivity index (χ4n) is 3.73. The highest BCUT2D eigenvalue weighted by molar-refractivity contribution is 7.10. The number of hydrogen-bond donors (Lipinski definition) is 2. The third kappa shape index (κ3) is 3.69. The molecule has 162 valence electrons. The number of nitrogens with zero attached hydrogens (tertiary/aromatic N) is 2. The molecule has 0 bridgehead atoms. The van der Waals surface area contributed by atoms with Crippen LogP contribution in [0.15, 0.2) is 41.9 Å². The van der Waals surface area contributed by atoms with Crippen molar-refractivity contribution in [3.63, 3.8) is 0 Å². The molecule has 2 N–H and O–H groups in total. The van der Waals surface area contributed by atoms with Gasteiger partial charge in [0.25, 0.3) is 5.91 Å². The molecule has 3 aromatic rings. The Morgan fingerprint density at radius 3 is 2.90 bits per heavy atom. The molecule has 7 nitrogen and oxygen atoms in total. The highest BCUT2D eigenvalue weighted by atomic mass is 32.1. The van der Waals surface area contributed by atoms with Gasteiger partial charge in [-0.25, -0.2) is 4.68 Å². The van der Waals surface area contributed by atoms with Crippen LogP contribution in [0.5, 0.6) is 11.5 Å². The Morgan fingerprint density at radius 2 is 2.13 bits per heavy atom. The van der Waals surface area contributed by atoms with Crippen molar-refractivity contribution in [2.75, 3.05) is 12.1 Å². The number of carbonyl (C=O) groups is 1. The van der Waals surface area contributed by atoms with Crippen molar-refractivity contribution < 1.29 is 27.4 Å². The van der Waals surface area contributed by atoms with Crippen molar-refractivity contribution >= 4 is 23.1 Å². The summed E-state index contributed by atoms with van der Waals surface area (Å²) in [5, 5.41) is 11.5. The normalized spacial score (nSPS) is 19.6. The molecule has 31 heavy (non-hydrogen) atoms. The Bertz CT molecular complexity index is 1110. The van der Waals surface area contributed by atoms with E-state index in [4.69, 9.17) is 9.47 Å². The van der Waals surface area contributed by atoms with Gasteiger partial charge in [0.1, 0.15) is 11.4 Å². The second-order valence-corrected chi connectivity index (χ2v) is 8.21. The number of fused-ring (bicyclic) bond motifs is 2. The molecule has 2 aliphatic rings. The topological polar surface area (TPSA) is 77.4 Å². The first kappa shape index (κ1) is 19.7. The van der Waals surface area contributed by atoms with E-state index in [1.54, 1.807) is 30.3 Å². The van der Waals surface area contributed by atoms with E-state index in [1.165, 1.54) is 17.5 Å². The molecule has 0 unspecified atom stereocenters. The van der Waals surface area contributed by atoms with Gasteiger partial charge in [-0.15, -0.1) is 11.3 Å². The molecule has 11 heteroatoms. The number of amides is 1. The minimum atomic E-state index is -4.49. The first-order valence-corrected chi connectivity index (χ1v) is 10.4. The summed E-state index contributed by atoms with van der Waals surface area (Å²) in [5.41, 5.74) is 0.840. The molecular formula is C20H17F3N4O3S. The predicted octanol–water partition coefficient (Wildman–Crippen LogP) is 4.26. The SMILES string of the molecule is O=C(NCc1ccc2c(c1)OCO2)c1cnn2c1N[C@H](c1cccs1)C[C@H]2C(F)(F)F. The zero-order chi connectivity index (χ0) is 21.6. The van der Waals surface area contributed by atoms with E-state index < -0.39 is 24.2 Å². The molecule has 2 atom stereocenters. The molecule has 4 heterocycles. The summed E-state index contributed by atoms with van der Waals surface area (Å²) in [6.07, 6.45) is -3.51. The second-order valence-electron chi connectivity index (χ2n) is 7.23. The average Bonchev–Trinajstić information content (AvgIpc) is 3.50. The van der Waals surface area contributed by atoms with E-state index >= 15 is 0 Å². The summed E-state index contributed by atoms with van der Waals surface area (Å²) >= 11 is 1.37. The molecule has 5 rings (SSSR count). The number of benzene rings is 1. The number of alkyl halides is 3. The van der Waals surface area contributed by atoms with Crippen LogP contribution in [0.25, 0.3) is 0 Å². The molecule has 0 saturated heterocycles. The second kappa shape index (κ2) is 7.49. The van der Waals surface area contributed by atoms with Gasteiger partial charge in [0.15, 0.2) is 17.5 Å². The number of halogens is 3. The van der Waals surface area contributed by atoms with Crippen LogP contribution in [0.4, 0.5) is 19.0 Å². The zero-order valence-corrected chi connectivity index (χ0v) is 16.8. The van der Waals surface area contributed by atoms with E-state index in [2.05, 4.69) is 15.7 Å². The average molecular weight is 450 g/mol. The van der Waals surface area contributed by atoms with Crippen LogP contribution in [-0.2, 0) is 6.54 Å². The van der Waals surface area contributed by atoms with Crippen LogP contribution in [0.2, 0.25) is 0 Å². The Morgan fingerprint density at radius 1 is 1.29 bits per heavy atom. The first-order valence-electron chi connectivity index (χ1n) is 9.51. The highest BCUT2D eigenvalue weighted by Gasteiger charge is 2.47. The lowest BCUT2D eigenvalue weighted by atomic mass is 10.0. The van der Waals surface area contributed by atoms with Gasteiger partial charge in [-0.2, -0.15) is 18.3 Å². The van der Waals surface area contributed by atoms with Crippen LogP contribution < -0.4 is 20.1 Å². The lowest BCUT2D eigenvalue weighted by molar-refractivity contribution is -0.173. The Balaban J connectivity index is 1.38. The molecule has 1 amide bonds. The molecule has 0 spiro atoms. The van der Waals surface area contributed by atoms with E-state index in [1.807, 2.05) is 5.38 Å². The molecule has 0 saturated carbocycles. The van der Waals surface area contributed by atoms with Crippen molar-refractivity contribution in [1.82, 2.24) is 15.1 Å². The van der Waals surface area contributed by atoms with Gasteiger partial charge in [0.05, 0.1) is 12.2 Å². The number of carbonyl (C=O) groups excluding carboxylic acids is 1. The summed E-state index contributed by atoms with van der Waals surface area (Å²) in [4.78, 5) is 13.6. The van der Waals surface area contributed by atoms with Crippen LogP contribution >= 0.6 is 11.3 Å². The minimum Gasteiger partial charge on any atom is -0.454 e. The Labute approximate surface area is 178 Å². The van der Waals surface area contributed by atoms with E-state index in [0.29, 0.717) is 11.5 Å². The molecule has 2 aliphatic heterocycles. The standard InChI is InChI=1S/C20H17F3N4O3S/c21-20(22,23)17-7-13(16-2-1-5-31-16)26-18-12(9-25-27(17)18)19(28)24-8-11-3-4-14-15(6-11)30-10-29-14/h1-6,9,13,17,26H,7-8,10H2,(H,24,28)/t13-,17-/m0/s1. The maximum absolute atomic E-state index is 13.7. The Kier molecular flexibility index (Phi) is 4.77. The van der Waals surface area contributed by atoms with E-state index in [-0.39, 0.29) is 31.1 Å². The minimum absolute atomic E-state index is 0.0650. The number of nitrogens with one attached hydrogen (secondary N) is 2. The summed E-state index contributed by atoms with van der Waals surface area (Å²) in [6.45, 7) is 0.322. The molecule has 1 aromatic carbocycles. The van der Waals surface area contributed by atoms with Gasteiger partial charge >= 0.3 is 6.18 Å². The van der Waals surface area contributed by atoms with Crippen molar-refractivity contribution in [2.24, 2.45) is 0 Å². The van der Waals surface area contributed by atoms with Crippen molar-refractivity contribution in [2.45, 2.75) is 31.2 Å². The van der Waals surface area contributed by atoms with Crippen LogP contribution in [-0.4, -0.2) is 28.7 Å². The fraction of sp³-hybridized carbons (Fsp3) is 0.300. The summed E-state index contributed by atoms with van der Waals surface area (Å²) in [7, 11) is 0. The monoisotopic (exact) mass is 450 g/mol. The van der Waals surface area contributed by atoms with Gasteiger partial charge in [0, 0.05) is 17.8 Å². The molecule has 0 radical (unpaired) electrons. The fourth-order valence-corrected chi connectivity index (χ4v) is 4.52. The van der Waals surface area contributed by atoms with Crippen LogP contribution in [0.1, 0.15) is 39.3 Å². The predicted molar refractivity (Wildman–Crippen MR) is 106 cm³/mol. The largest absolute Gasteiger partial charge is 0.454 e. The Hall–Kier alpha value is -3.21. The molecule has 0 fully saturated rings. The summed E-state index contributed by atoms with van der Waals surface area (Å²) in [6, 6.07) is 6.47. The van der Waals surface area contributed by atoms with Gasteiger partial charge in [0.2, 0.25) is 6.79 Å². The zero-order valence-electron chi connectivity index (χ0n) is 16.0. The lowest BCUT2D eigenvalue weighted by Gasteiger charge is -2.33. The number of thiophene rings is 1. The van der Waals surface area contributed by atoms with Crippen LogP contribution in [0.3, 0.4) is 0 Å². The quantitative estimate of drug-likeness (QED) is 0.621. The summed E-state index contributed by atoms with van der Waals surface area (Å²) in [5.74, 6) is 0.764. The van der Waals surface area contributed by atoms with Crippen molar-refractivity contribution in [3.05, 3.63) is 57.9 Å². The maximum Gasteiger partial charge on any atom is 0.410 e. The third-order valence-electron chi connectivity index (χ3n) is 5.26. The van der Waals surface area contributed by atoms with Gasteiger partial charge < -0.3 is 20.1 Å². The number of anilines is 1. The van der Waals surface area contributed by atoms with E-state index in [0.717, 1.165) is 15.1 Å². The van der Waals surface area contributed by atoms with E-state index in [9.17, 15) is 18.0 Å². The smallest absolute Gasteiger partial charge is 0.410 e. The summed E-state index contributed by atoms with van der Waals surface area (Å²) < 4.78 is 52.6. The molecule has 0 aliphatic carbocycles.